The number of nitrogens with zero attached hydrogens (tertiary/aromatic N) is 4. The van der Waals surface area contributed by atoms with Gasteiger partial charge in [-0.25, -0.2) is 4.98 Å². The Balaban J connectivity index is 2.11. The molecule has 0 aliphatic carbocycles. The van der Waals surface area contributed by atoms with Crippen LogP contribution in [0.3, 0.4) is 0 Å². The predicted molar refractivity (Wildman–Crippen MR) is 58.5 cm³/mol. The molecule has 0 spiro atoms. The highest BCUT2D eigenvalue weighted by Crippen LogP contribution is 2.22. The molecule has 1 aromatic heterocycles. The molecule has 15 heavy (non-hydrogen) atoms. The minimum Gasteiger partial charge on any atom is -0.336 e. The first-order valence-corrected chi connectivity index (χ1v) is 5.52. The maximum Gasteiger partial charge on any atom is 0.245 e. The van der Waals surface area contributed by atoms with Gasteiger partial charge < -0.3 is 10.6 Å². The van der Waals surface area contributed by atoms with Crippen LogP contribution in [0.5, 0.6) is 0 Å². The Bertz CT molecular complexity index is 287. The number of hydrogen-bond acceptors (Lipinski definition) is 5. The van der Waals surface area contributed by atoms with Crippen LogP contribution in [0.2, 0.25) is 0 Å². The van der Waals surface area contributed by atoms with E-state index in [4.69, 9.17) is 5.73 Å². The smallest absolute Gasteiger partial charge is 0.245 e. The third kappa shape index (κ3) is 2.41. The van der Waals surface area contributed by atoms with Crippen molar-refractivity contribution in [2.75, 3.05) is 18.0 Å². The highest BCUT2D eigenvalue weighted by Gasteiger charge is 2.23. The van der Waals surface area contributed by atoms with Gasteiger partial charge in [-0.05, 0) is 32.2 Å². The number of aromatic nitrogens is 3. The summed E-state index contributed by atoms with van der Waals surface area (Å²) in [6.45, 7) is 1.75. The molecular formula is C10H17N5. The lowest BCUT2D eigenvalue weighted by molar-refractivity contribution is 0.434. The molecule has 2 N–H and O–H groups in total. The number of anilines is 1. The lowest BCUT2D eigenvalue weighted by Crippen LogP contribution is -2.41. The zero-order valence-corrected chi connectivity index (χ0v) is 8.84. The van der Waals surface area contributed by atoms with Gasteiger partial charge in [0.15, 0.2) is 0 Å². The van der Waals surface area contributed by atoms with Crippen molar-refractivity contribution >= 4 is 5.95 Å². The molecule has 1 saturated heterocycles. The van der Waals surface area contributed by atoms with Gasteiger partial charge in [-0.15, -0.1) is 5.10 Å². The Morgan fingerprint density at radius 3 is 3.07 bits per heavy atom. The lowest BCUT2D eigenvalue weighted by Gasteiger charge is -2.35. The third-order valence-electron chi connectivity index (χ3n) is 2.85. The summed E-state index contributed by atoms with van der Waals surface area (Å²) in [6, 6.07) is 0.493. The Kier molecular flexibility index (Phi) is 3.45. The van der Waals surface area contributed by atoms with Crippen molar-refractivity contribution in [2.24, 2.45) is 5.73 Å². The van der Waals surface area contributed by atoms with Crippen molar-refractivity contribution in [2.45, 2.75) is 31.7 Å². The monoisotopic (exact) mass is 207 g/mol. The van der Waals surface area contributed by atoms with Crippen LogP contribution in [-0.4, -0.2) is 34.3 Å². The van der Waals surface area contributed by atoms with Gasteiger partial charge in [0.2, 0.25) is 5.95 Å². The second kappa shape index (κ2) is 5.02. The fraction of sp³-hybridized carbons (Fsp3) is 0.700. The highest BCUT2D eigenvalue weighted by molar-refractivity contribution is 5.29. The van der Waals surface area contributed by atoms with Gasteiger partial charge in [-0.3, -0.25) is 0 Å². The van der Waals surface area contributed by atoms with E-state index in [1.807, 2.05) is 0 Å². The zero-order chi connectivity index (χ0) is 10.5. The second-order valence-corrected chi connectivity index (χ2v) is 3.86. The minimum absolute atomic E-state index is 0.493. The van der Waals surface area contributed by atoms with E-state index >= 15 is 0 Å². The summed E-state index contributed by atoms with van der Waals surface area (Å²) in [4.78, 5) is 6.49. The van der Waals surface area contributed by atoms with E-state index in [0.717, 1.165) is 25.5 Å². The van der Waals surface area contributed by atoms with Gasteiger partial charge in [-0.2, -0.15) is 5.10 Å². The summed E-state index contributed by atoms with van der Waals surface area (Å²) in [7, 11) is 0. The average Bonchev–Trinajstić information content (AvgIpc) is 2.31. The van der Waals surface area contributed by atoms with Crippen LogP contribution in [-0.2, 0) is 0 Å². The largest absolute Gasteiger partial charge is 0.336 e. The first-order valence-electron chi connectivity index (χ1n) is 5.52. The Morgan fingerprint density at radius 2 is 2.33 bits per heavy atom. The molecule has 1 aromatic rings. The molecule has 0 aromatic carbocycles. The molecule has 0 radical (unpaired) electrons. The van der Waals surface area contributed by atoms with Crippen molar-refractivity contribution in [3.63, 3.8) is 0 Å². The van der Waals surface area contributed by atoms with Crippen molar-refractivity contribution in [1.82, 2.24) is 15.2 Å². The van der Waals surface area contributed by atoms with Crippen molar-refractivity contribution in [3.8, 4) is 0 Å². The van der Waals surface area contributed by atoms with Gasteiger partial charge in [-0.1, -0.05) is 0 Å². The second-order valence-electron chi connectivity index (χ2n) is 3.86. The van der Waals surface area contributed by atoms with E-state index < -0.39 is 0 Å². The number of nitrogens with two attached hydrogens (primary N) is 1. The van der Waals surface area contributed by atoms with Gasteiger partial charge in [0.1, 0.15) is 0 Å². The van der Waals surface area contributed by atoms with Crippen LogP contribution in [0, 0.1) is 0 Å². The molecule has 1 unspecified atom stereocenters. The van der Waals surface area contributed by atoms with Crippen LogP contribution < -0.4 is 10.6 Å². The maximum atomic E-state index is 5.62. The van der Waals surface area contributed by atoms with Crippen LogP contribution >= 0.6 is 0 Å². The molecule has 2 rings (SSSR count). The Morgan fingerprint density at radius 1 is 1.40 bits per heavy atom. The Labute approximate surface area is 89.7 Å². The maximum absolute atomic E-state index is 5.62. The first-order chi connectivity index (χ1) is 7.42. The van der Waals surface area contributed by atoms with Crippen molar-refractivity contribution in [3.05, 3.63) is 12.4 Å². The standard InChI is InChI=1S/C10H17N5/c11-5-4-9-3-1-2-8-15(9)10-12-6-7-13-14-10/h6-7,9H,1-5,8,11H2. The molecule has 1 aliphatic rings. The minimum atomic E-state index is 0.493. The van der Waals surface area contributed by atoms with E-state index in [2.05, 4.69) is 20.1 Å². The Hall–Kier alpha value is -1.23. The van der Waals surface area contributed by atoms with Crippen LogP contribution in [0.1, 0.15) is 25.7 Å². The molecule has 2 heterocycles. The average molecular weight is 207 g/mol. The molecular weight excluding hydrogens is 190 g/mol. The summed E-state index contributed by atoms with van der Waals surface area (Å²) in [5.41, 5.74) is 5.62. The predicted octanol–water partition coefficient (Wildman–Crippen LogP) is 0.579. The summed E-state index contributed by atoms with van der Waals surface area (Å²) in [5, 5.41) is 7.93. The quantitative estimate of drug-likeness (QED) is 0.785. The molecule has 5 heteroatoms. The van der Waals surface area contributed by atoms with Crippen molar-refractivity contribution in [1.29, 1.82) is 0 Å². The fourth-order valence-electron chi connectivity index (χ4n) is 2.13. The topological polar surface area (TPSA) is 67.9 Å². The van der Waals surface area contributed by atoms with Gasteiger partial charge in [0, 0.05) is 12.6 Å². The molecule has 5 nitrogen and oxygen atoms in total. The van der Waals surface area contributed by atoms with Crippen molar-refractivity contribution < 1.29 is 0 Å². The molecule has 0 saturated carbocycles. The van der Waals surface area contributed by atoms with Gasteiger partial charge in [0.05, 0.1) is 12.4 Å². The molecule has 0 bridgehead atoms. The first kappa shape index (κ1) is 10.3. The fourth-order valence-corrected chi connectivity index (χ4v) is 2.13. The molecule has 1 aliphatic heterocycles. The van der Waals surface area contributed by atoms with E-state index in [-0.39, 0.29) is 0 Å². The number of hydrogen-bond donors (Lipinski definition) is 1. The zero-order valence-electron chi connectivity index (χ0n) is 8.84. The number of piperidine rings is 1. The molecule has 82 valence electrons. The van der Waals surface area contributed by atoms with E-state index in [1.165, 1.54) is 19.3 Å². The summed E-state index contributed by atoms with van der Waals surface area (Å²) < 4.78 is 0. The normalized spacial score (nSPS) is 21.7. The SMILES string of the molecule is NCCC1CCCCN1c1nccnn1. The van der Waals surface area contributed by atoms with Crippen LogP contribution in [0.15, 0.2) is 12.4 Å². The number of rotatable bonds is 3. The van der Waals surface area contributed by atoms with Crippen LogP contribution in [0.4, 0.5) is 5.95 Å². The van der Waals surface area contributed by atoms with E-state index in [1.54, 1.807) is 12.4 Å². The lowest BCUT2D eigenvalue weighted by atomic mass is 10.00. The van der Waals surface area contributed by atoms with Gasteiger partial charge in [0.25, 0.3) is 0 Å². The summed E-state index contributed by atoms with van der Waals surface area (Å²) in [5.74, 6) is 0.746. The van der Waals surface area contributed by atoms with Crippen LogP contribution in [0.25, 0.3) is 0 Å². The summed E-state index contributed by atoms with van der Waals surface area (Å²) in [6.07, 6.45) is 7.98. The highest BCUT2D eigenvalue weighted by atomic mass is 15.3. The molecule has 0 amide bonds. The summed E-state index contributed by atoms with van der Waals surface area (Å²) >= 11 is 0. The molecule has 1 atom stereocenters. The van der Waals surface area contributed by atoms with Gasteiger partial charge >= 0.3 is 0 Å². The van der Waals surface area contributed by atoms with E-state index in [0.29, 0.717) is 6.04 Å². The molecule has 1 fully saturated rings. The van der Waals surface area contributed by atoms with E-state index in [9.17, 15) is 0 Å². The third-order valence-corrected chi connectivity index (χ3v) is 2.85.